The number of hydrogen-bond donors (Lipinski definition) is 0. The molecule has 2 saturated heterocycles. The van der Waals surface area contributed by atoms with E-state index in [0.717, 1.165) is 95.0 Å². The zero-order valence-electron chi connectivity index (χ0n) is 31.9. The first-order valence-corrected chi connectivity index (χ1v) is 24.5. The molecule has 10 aliphatic rings. The lowest BCUT2D eigenvalue weighted by Gasteiger charge is -2.38. The maximum absolute atomic E-state index is 6.08. The van der Waals surface area contributed by atoms with Crippen LogP contribution in [0, 0.1) is 82.9 Å². The summed E-state index contributed by atoms with van der Waals surface area (Å²) in [4.78, 5) is 0. The van der Waals surface area contributed by atoms with E-state index >= 15 is 0 Å². The molecule has 8 aliphatic carbocycles. The summed E-state index contributed by atoms with van der Waals surface area (Å²) in [5.74, 6) is 13.6. The number of rotatable bonds is 16. The van der Waals surface area contributed by atoms with Gasteiger partial charge >= 0.3 is 18.3 Å². The van der Waals surface area contributed by atoms with Crippen molar-refractivity contribution in [2.45, 2.75) is 117 Å². The molecule has 2 heterocycles. The van der Waals surface area contributed by atoms with E-state index in [-0.39, 0.29) is 0 Å². The van der Waals surface area contributed by atoms with Crippen LogP contribution in [0.3, 0.4) is 0 Å². The van der Waals surface area contributed by atoms with E-state index in [4.69, 9.17) is 36.0 Å². The van der Waals surface area contributed by atoms with Gasteiger partial charge in [-0.3, -0.25) is 0 Å². The molecule has 2 aliphatic heterocycles. The molecule has 0 radical (unpaired) electrons. The average Bonchev–Trinajstić information content (AvgIpc) is 3.53. The van der Waals surface area contributed by atoms with Crippen molar-refractivity contribution in [2.75, 3.05) is 39.6 Å². The molecule has 18 unspecified atom stereocenters. The SMILES string of the molecule is C=CC1CC2CC1C1C3CC(C4OC34)C21.CCO[SiH](OCC)OCC.CCO[Si](CCC1CC2CC1C1C3CC(C4OC34)C21)(OCC)OCC. The van der Waals surface area contributed by atoms with Gasteiger partial charge in [0.05, 0.1) is 24.4 Å². The first kappa shape index (κ1) is 36.8. The molecule has 10 rings (SSSR count). The van der Waals surface area contributed by atoms with Crippen molar-refractivity contribution in [3.05, 3.63) is 12.7 Å². The second kappa shape index (κ2) is 15.2. The lowest BCUT2D eigenvalue weighted by atomic mass is 9.67. The Labute approximate surface area is 305 Å². The predicted molar refractivity (Wildman–Crippen MR) is 196 cm³/mol. The monoisotopic (exact) mass is 732 g/mol. The topological polar surface area (TPSA) is 80.4 Å². The third-order valence-electron chi connectivity index (χ3n) is 15.5. The lowest BCUT2D eigenvalue weighted by molar-refractivity contribution is 0.0646. The van der Waals surface area contributed by atoms with E-state index in [1.165, 1.54) is 44.9 Å². The van der Waals surface area contributed by atoms with Crippen LogP contribution in [0.2, 0.25) is 6.04 Å². The molecule has 18 atom stereocenters. The highest BCUT2D eigenvalue weighted by Crippen LogP contribution is 2.74. The van der Waals surface area contributed by atoms with Crippen LogP contribution in [-0.4, -0.2) is 82.4 Å². The molecule has 0 aromatic heterocycles. The molecule has 0 amide bonds. The van der Waals surface area contributed by atoms with Crippen LogP contribution in [0.1, 0.15) is 86.5 Å². The minimum atomic E-state index is -2.47. The standard InChI is InChI=1S/C20H34O4Si.C14H18O.C6H16O3Si/c1-4-21-25(22-5-2,23-6-3)8-7-12-9-13-10-14(12)18-16-11-15(17(13)18)19-20(16)24-19;1-2-6-3-7-4-8(6)12-10-5-9(11(7)12)13-14(10)15-13;1-4-7-10(8-5-2)9-6-3/h12-20H,4-11H2,1-3H3;2,6-14H,1,3-5H2;10H,4-6H2,1-3H3. The van der Waals surface area contributed by atoms with Crippen LogP contribution < -0.4 is 0 Å². The minimum Gasteiger partial charge on any atom is -0.376 e. The summed E-state index contributed by atoms with van der Waals surface area (Å²) in [6.45, 7) is 20.1. The van der Waals surface area contributed by atoms with Crippen molar-refractivity contribution in [3.63, 3.8) is 0 Å². The highest BCUT2D eigenvalue weighted by Gasteiger charge is 2.74. The normalized spacial score (nSPS) is 48.1. The minimum absolute atomic E-state index is 0.662. The zero-order chi connectivity index (χ0) is 34.7. The second-order valence-corrected chi connectivity index (χ2v) is 21.5. The summed E-state index contributed by atoms with van der Waals surface area (Å²) >= 11 is 0. The van der Waals surface area contributed by atoms with Crippen molar-refractivity contribution < 1.29 is 36.0 Å². The highest BCUT2D eigenvalue weighted by molar-refractivity contribution is 6.60. The van der Waals surface area contributed by atoms with E-state index in [9.17, 15) is 0 Å². The van der Waals surface area contributed by atoms with E-state index in [1.54, 1.807) is 0 Å². The molecule has 0 spiro atoms. The number of allylic oxidation sites excluding steroid dienone is 1. The molecule has 284 valence electrons. The highest BCUT2D eigenvalue weighted by atomic mass is 28.4. The maximum Gasteiger partial charge on any atom is 0.500 e. The van der Waals surface area contributed by atoms with Gasteiger partial charge in [0, 0.05) is 45.7 Å². The first-order chi connectivity index (χ1) is 24.4. The molecule has 8 bridgehead atoms. The van der Waals surface area contributed by atoms with Gasteiger partial charge in [-0.05, 0) is 169 Å². The van der Waals surface area contributed by atoms with Gasteiger partial charge < -0.3 is 36.0 Å². The van der Waals surface area contributed by atoms with E-state index < -0.39 is 18.3 Å². The van der Waals surface area contributed by atoms with Gasteiger partial charge in [-0.2, -0.15) is 0 Å². The van der Waals surface area contributed by atoms with Gasteiger partial charge in [0.1, 0.15) is 0 Å². The molecule has 0 aromatic rings. The third-order valence-corrected chi connectivity index (χ3v) is 20.4. The van der Waals surface area contributed by atoms with Gasteiger partial charge in [-0.15, -0.1) is 6.58 Å². The zero-order valence-corrected chi connectivity index (χ0v) is 34.1. The maximum atomic E-state index is 6.08. The van der Waals surface area contributed by atoms with Crippen LogP contribution in [0.25, 0.3) is 0 Å². The summed E-state index contributed by atoms with van der Waals surface area (Å²) in [5.41, 5.74) is 0. The number of epoxide rings is 2. The molecule has 8 saturated carbocycles. The average molecular weight is 733 g/mol. The Hall–Kier alpha value is -0.146. The quantitative estimate of drug-likeness (QED) is 0.0726. The fraction of sp³-hybridized carbons (Fsp3) is 0.950. The van der Waals surface area contributed by atoms with Gasteiger partial charge in [0.25, 0.3) is 0 Å². The van der Waals surface area contributed by atoms with Crippen LogP contribution in [-0.2, 0) is 36.0 Å². The Morgan fingerprint density at radius 1 is 0.560 bits per heavy atom. The number of fused-ring (bicyclic) bond motifs is 24. The fourth-order valence-corrected chi connectivity index (χ4v) is 18.2. The Bertz CT molecular complexity index is 1140. The molecule has 8 nitrogen and oxygen atoms in total. The molecule has 10 fully saturated rings. The van der Waals surface area contributed by atoms with Crippen molar-refractivity contribution in [1.82, 2.24) is 0 Å². The lowest BCUT2D eigenvalue weighted by Crippen LogP contribution is -2.46. The van der Waals surface area contributed by atoms with Gasteiger partial charge in [-0.1, -0.05) is 6.08 Å². The Kier molecular flexibility index (Phi) is 11.2. The van der Waals surface area contributed by atoms with Gasteiger partial charge in [0.2, 0.25) is 0 Å². The largest absolute Gasteiger partial charge is 0.500 e. The third kappa shape index (κ3) is 6.33. The molecular weight excluding hydrogens is 665 g/mol. The molecule has 50 heavy (non-hydrogen) atoms. The summed E-state index contributed by atoms with van der Waals surface area (Å²) in [7, 11) is -4.20. The second-order valence-electron chi connectivity index (χ2n) is 17.2. The Morgan fingerprint density at radius 2 is 1.02 bits per heavy atom. The summed E-state index contributed by atoms with van der Waals surface area (Å²) < 4.78 is 45.7. The smallest absolute Gasteiger partial charge is 0.376 e. The van der Waals surface area contributed by atoms with Crippen LogP contribution in [0.15, 0.2) is 12.7 Å². The van der Waals surface area contributed by atoms with E-state index in [1.807, 2.05) is 20.8 Å². The molecule has 0 aromatic carbocycles. The predicted octanol–water partition coefficient (Wildman–Crippen LogP) is 7.02. The molecule has 0 N–H and O–H groups in total. The summed E-state index contributed by atoms with van der Waals surface area (Å²) in [6.07, 6.45) is 15.2. The van der Waals surface area contributed by atoms with E-state index in [0.29, 0.717) is 58.0 Å². The summed E-state index contributed by atoms with van der Waals surface area (Å²) in [5, 5.41) is 0. The van der Waals surface area contributed by atoms with Crippen LogP contribution in [0.5, 0.6) is 0 Å². The molecule has 10 heteroatoms. The van der Waals surface area contributed by atoms with Gasteiger partial charge in [0.15, 0.2) is 0 Å². The summed E-state index contributed by atoms with van der Waals surface area (Å²) in [6, 6.07) is 1.00. The Morgan fingerprint density at radius 3 is 1.50 bits per heavy atom. The van der Waals surface area contributed by atoms with Crippen LogP contribution >= 0.6 is 0 Å². The van der Waals surface area contributed by atoms with Crippen molar-refractivity contribution in [3.8, 4) is 0 Å². The van der Waals surface area contributed by atoms with Crippen molar-refractivity contribution in [1.29, 1.82) is 0 Å². The number of hydrogen-bond acceptors (Lipinski definition) is 8. The van der Waals surface area contributed by atoms with Crippen molar-refractivity contribution >= 4 is 18.3 Å². The van der Waals surface area contributed by atoms with Crippen molar-refractivity contribution in [2.24, 2.45) is 82.9 Å². The van der Waals surface area contributed by atoms with E-state index in [2.05, 4.69) is 33.4 Å². The van der Waals surface area contributed by atoms with Gasteiger partial charge in [-0.25, -0.2) is 0 Å². The number of ether oxygens (including phenoxy) is 2. The van der Waals surface area contributed by atoms with Crippen LogP contribution in [0.4, 0.5) is 0 Å². The Balaban J connectivity index is 0.000000122. The first-order valence-electron chi connectivity index (χ1n) is 21.1. The fourth-order valence-electron chi connectivity index (χ4n) is 14.4. The molecular formula is C40H68O8Si2.